The van der Waals surface area contributed by atoms with Crippen molar-refractivity contribution in [1.29, 1.82) is 0 Å². The summed E-state index contributed by atoms with van der Waals surface area (Å²) in [5.74, 6) is 0. The summed E-state index contributed by atoms with van der Waals surface area (Å²) in [6.07, 6.45) is 3.59. The van der Waals surface area contributed by atoms with Gasteiger partial charge in [0, 0.05) is 0 Å². The fourth-order valence-electron chi connectivity index (χ4n) is 0.201. The van der Waals surface area contributed by atoms with Gasteiger partial charge in [-0.05, 0) is 13.8 Å². The zero-order valence-corrected chi connectivity index (χ0v) is 4.07. The molecule has 0 aliphatic carbocycles. The molecular weight excluding hydrogens is 72.1 g/mol. The van der Waals surface area contributed by atoms with Crippen LogP contribution in [-0.4, -0.2) is 0 Å². The summed E-state index contributed by atoms with van der Waals surface area (Å²) in [5.41, 5.74) is 1.05. The van der Waals surface area contributed by atoms with Crippen molar-refractivity contribution < 1.29 is 0 Å². The molecule has 0 aromatic rings. The minimum absolute atomic E-state index is 1.05. The first-order chi connectivity index (χ1) is 2.77. The topological polar surface area (TPSA) is 0 Å². The predicted molar refractivity (Wildman–Crippen MR) is 29.3 cm³/mol. The van der Waals surface area contributed by atoms with Crippen molar-refractivity contribution in [2.45, 2.75) is 6.92 Å². The average Bonchev–Trinajstić information content (AvgIpc) is 1.35. The summed E-state index contributed by atoms with van der Waals surface area (Å²) >= 11 is 0. The number of hydrogen-bond donors (Lipinski definition) is 0. The van der Waals surface area contributed by atoms with E-state index in [1.165, 1.54) is 0 Å². The molecule has 0 N–H and O–H groups in total. The van der Waals surface area contributed by atoms with Crippen LogP contribution >= 0.6 is 0 Å². The van der Waals surface area contributed by atoms with Crippen molar-refractivity contribution in [3.05, 3.63) is 31.2 Å². The average molecular weight is 81.1 g/mol. The molecule has 0 nitrogen and oxygen atoms in total. The molecule has 0 aliphatic rings. The molecule has 0 rings (SSSR count). The number of rotatable bonds is 1. The van der Waals surface area contributed by atoms with Crippen LogP contribution in [0.2, 0.25) is 0 Å². The summed E-state index contributed by atoms with van der Waals surface area (Å²) in [5, 5.41) is 0. The quantitative estimate of drug-likeness (QED) is 0.423. The number of hydrogen-bond acceptors (Lipinski definition) is 0. The predicted octanol–water partition coefficient (Wildman–Crippen LogP) is 1.95. The molecule has 0 unspecified atom stereocenters. The zero-order valence-electron chi connectivity index (χ0n) is 4.07. The van der Waals surface area contributed by atoms with E-state index in [2.05, 4.69) is 13.5 Å². The van der Waals surface area contributed by atoms with Gasteiger partial charge in [0.1, 0.15) is 0 Å². The van der Waals surface area contributed by atoms with Gasteiger partial charge in [-0.25, -0.2) is 0 Å². The van der Waals surface area contributed by atoms with Crippen molar-refractivity contribution >= 4 is 0 Å². The summed E-state index contributed by atoms with van der Waals surface area (Å²) in [6, 6.07) is 0. The Bertz CT molecular complexity index is 64.1. The van der Waals surface area contributed by atoms with Crippen LogP contribution in [0, 0.1) is 6.92 Å². The molecule has 33 valence electrons. The second kappa shape index (κ2) is 2.70. The van der Waals surface area contributed by atoms with Crippen LogP contribution in [-0.2, 0) is 0 Å². The third kappa shape index (κ3) is 3.48. The second-order valence-corrected chi connectivity index (χ2v) is 1.25. The van der Waals surface area contributed by atoms with Crippen LogP contribution in [0.3, 0.4) is 0 Å². The lowest BCUT2D eigenvalue weighted by atomic mass is 10.3. The lowest BCUT2D eigenvalue weighted by Crippen LogP contribution is -1.55. The van der Waals surface area contributed by atoms with Gasteiger partial charge < -0.3 is 0 Å². The van der Waals surface area contributed by atoms with Gasteiger partial charge in [0.2, 0.25) is 0 Å². The first-order valence-electron chi connectivity index (χ1n) is 1.88. The Morgan fingerprint density at radius 1 is 1.67 bits per heavy atom. The van der Waals surface area contributed by atoms with Gasteiger partial charge in [-0.3, -0.25) is 0 Å². The Labute approximate surface area is 39.2 Å². The van der Waals surface area contributed by atoms with Crippen LogP contribution in [0.15, 0.2) is 24.3 Å². The van der Waals surface area contributed by atoms with E-state index in [1.54, 1.807) is 6.08 Å². The van der Waals surface area contributed by atoms with Gasteiger partial charge in [0.25, 0.3) is 0 Å². The molecule has 0 atom stereocenters. The molecule has 0 heterocycles. The first-order valence-corrected chi connectivity index (χ1v) is 1.88. The van der Waals surface area contributed by atoms with E-state index in [0.29, 0.717) is 0 Å². The molecule has 0 fully saturated rings. The lowest BCUT2D eigenvalue weighted by molar-refractivity contribution is 1.54. The highest BCUT2D eigenvalue weighted by atomic mass is 13.7. The zero-order chi connectivity index (χ0) is 4.99. The van der Waals surface area contributed by atoms with Crippen LogP contribution in [0.4, 0.5) is 0 Å². The lowest BCUT2D eigenvalue weighted by Gasteiger charge is -1.75. The smallest absolute Gasteiger partial charge is 0.0283 e. The normalized spacial score (nSPS) is 11.3. The molecule has 6 heavy (non-hydrogen) atoms. The van der Waals surface area contributed by atoms with Crippen molar-refractivity contribution in [1.82, 2.24) is 0 Å². The molecule has 0 saturated carbocycles. The van der Waals surface area contributed by atoms with E-state index in [-0.39, 0.29) is 0 Å². The molecule has 0 saturated heterocycles. The van der Waals surface area contributed by atoms with E-state index in [1.807, 2.05) is 13.0 Å². The Balaban J connectivity index is 3.41. The van der Waals surface area contributed by atoms with E-state index < -0.39 is 0 Å². The minimum Gasteiger partial charge on any atom is -0.0991 e. The second-order valence-electron chi connectivity index (χ2n) is 1.25. The maximum absolute atomic E-state index is 3.62. The van der Waals surface area contributed by atoms with Gasteiger partial charge >= 0.3 is 0 Å². The Hall–Kier alpha value is -0.520. The third-order valence-electron chi connectivity index (χ3n) is 0.402. The van der Waals surface area contributed by atoms with E-state index in [9.17, 15) is 0 Å². The fourth-order valence-corrected chi connectivity index (χ4v) is 0.201. The molecular formula is C6H9. The Morgan fingerprint density at radius 3 is 2.17 bits per heavy atom. The summed E-state index contributed by atoms with van der Waals surface area (Å²) in [4.78, 5) is 0. The van der Waals surface area contributed by atoms with Gasteiger partial charge in [-0.2, -0.15) is 0 Å². The van der Waals surface area contributed by atoms with Crippen molar-refractivity contribution in [3.63, 3.8) is 0 Å². The van der Waals surface area contributed by atoms with Crippen LogP contribution in [0.1, 0.15) is 6.92 Å². The summed E-state index contributed by atoms with van der Waals surface area (Å²) in [7, 11) is 0. The first kappa shape index (κ1) is 5.48. The van der Waals surface area contributed by atoms with Gasteiger partial charge in [-0.1, -0.05) is 24.3 Å². The van der Waals surface area contributed by atoms with Gasteiger partial charge in [-0.15, -0.1) is 0 Å². The SMILES string of the molecule is [CH2]/C(C)=C/C=C. The molecule has 0 aromatic heterocycles. The maximum Gasteiger partial charge on any atom is -0.0283 e. The molecule has 0 amide bonds. The Kier molecular flexibility index (Phi) is 2.47. The van der Waals surface area contributed by atoms with Gasteiger partial charge in [0.05, 0.1) is 0 Å². The minimum atomic E-state index is 1.05. The van der Waals surface area contributed by atoms with E-state index >= 15 is 0 Å². The van der Waals surface area contributed by atoms with Crippen LogP contribution in [0.5, 0.6) is 0 Å². The van der Waals surface area contributed by atoms with Crippen LogP contribution in [0.25, 0.3) is 0 Å². The number of allylic oxidation sites excluding steroid dienone is 3. The highest BCUT2D eigenvalue weighted by Crippen LogP contribution is 1.84. The van der Waals surface area contributed by atoms with Crippen molar-refractivity contribution in [2.75, 3.05) is 0 Å². The molecule has 0 aromatic carbocycles. The summed E-state index contributed by atoms with van der Waals surface area (Å²) < 4.78 is 0. The van der Waals surface area contributed by atoms with Crippen molar-refractivity contribution in [2.24, 2.45) is 0 Å². The van der Waals surface area contributed by atoms with Gasteiger partial charge in [0.15, 0.2) is 0 Å². The van der Waals surface area contributed by atoms with E-state index in [0.717, 1.165) is 5.57 Å². The fraction of sp³-hybridized carbons (Fsp3) is 0.167. The molecule has 0 heteroatoms. The van der Waals surface area contributed by atoms with E-state index in [4.69, 9.17) is 0 Å². The standard InChI is InChI=1S/C6H9/c1-4-5-6(2)3/h4-5H,1-2H2,3H3/b6-5-. The molecule has 1 radical (unpaired) electrons. The third-order valence-corrected chi connectivity index (χ3v) is 0.402. The molecule has 0 spiro atoms. The largest absolute Gasteiger partial charge is 0.0991 e. The summed E-state index contributed by atoms with van der Waals surface area (Å²) in [6.45, 7) is 9.03. The van der Waals surface area contributed by atoms with Crippen LogP contribution < -0.4 is 0 Å². The Morgan fingerprint density at radius 2 is 2.17 bits per heavy atom. The monoisotopic (exact) mass is 81.1 g/mol. The van der Waals surface area contributed by atoms with Crippen molar-refractivity contribution in [3.8, 4) is 0 Å². The maximum atomic E-state index is 3.62. The highest BCUT2D eigenvalue weighted by Gasteiger charge is 1.63. The molecule has 0 aliphatic heterocycles. The highest BCUT2D eigenvalue weighted by molar-refractivity contribution is 5.09. The molecule has 0 bridgehead atoms.